The highest BCUT2D eigenvalue weighted by Crippen LogP contribution is 2.15. The number of carbonyl (C=O) groups excluding carboxylic acids is 1. The maximum absolute atomic E-state index is 12.0. The van der Waals surface area contributed by atoms with Gasteiger partial charge in [-0.05, 0) is 26.7 Å². The first kappa shape index (κ1) is 16.0. The number of imidazole rings is 1. The van der Waals surface area contributed by atoms with E-state index in [1.807, 2.05) is 31.3 Å². The topological polar surface area (TPSA) is 50.2 Å². The van der Waals surface area contributed by atoms with E-state index in [4.69, 9.17) is 0 Å². The molecule has 5 heteroatoms. The van der Waals surface area contributed by atoms with Gasteiger partial charge in [0.05, 0.1) is 12.0 Å². The Balaban J connectivity index is 1.79. The molecule has 0 atom stereocenters. The Morgan fingerprint density at radius 1 is 1.33 bits per heavy atom. The van der Waals surface area contributed by atoms with E-state index in [1.165, 1.54) is 5.69 Å². The van der Waals surface area contributed by atoms with Crippen molar-refractivity contribution in [3.63, 3.8) is 0 Å². The first-order valence-electron chi connectivity index (χ1n) is 8.02. The van der Waals surface area contributed by atoms with Gasteiger partial charge in [-0.1, -0.05) is 13.8 Å². The molecular weight excluding hydrogens is 264 g/mol. The number of amides is 1. The van der Waals surface area contributed by atoms with Crippen LogP contribution in [0.15, 0.2) is 12.5 Å². The van der Waals surface area contributed by atoms with Crippen molar-refractivity contribution >= 4 is 5.91 Å². The fourth-order valence-corrected chi connectivity index (χ4v) is 2.85. The Morgan fingerprint density at radius 3 is 2.57 bits per heavy atom. The zero-order valence-electron chi connectivity index (χ0n) is 13.7. The lowest BCUT2D eigenvalue weighted by Gasteiger charge is -2.33. The summed E-state index contributed by atoms with van der Waals surface area (Å²) in [7, 11) is 0. The van der Waals surface area contributed by atoms with E-state index in [1.54, 1.807) is 0 Å². The molecule has 1 aromatic rings. The van der Waals surface area contributed by atoms with Crippen molar-refractivity contribution in [3.8, 4) is 0 Å². The summed E-state index contributed by atoms with van der Waals surface area (Å²) in [5.74, 6) is 0.390. The van der Waals surface area contributed by atoms with Gasteiger partial charge in [-0.3, -0.25) is 4.79 Å². The fraction of sp³-hybridized carbons (Fsp3) is 0.750. The molecule has 1 amide bonds. The van der Waals surface area contributed by atoms with E-state index < -0.39 is 0 Å². The lowest BCUT2D eigenvalue weighted by molar-refractivity contribution is -0.135. The summed E-state index contributed by atoms with van der Waals surface area (Å²) in [6, 6.07) is 0.937. The molecule has 5 nitrogen and oxygen atoms in total. The van der Waals surface area contributed by atoms with Gasteiger partial charge in [-0.15, -0.1) is 0 Å². The van der Waals surface area contributed by atoms with Crippen LogP contribution >= 0.6 is 0 Å². The molecule has 1 N–H and O–H groups in total. The van der Waals surface area contributed by atoms with E-state index in [-0.39, 0.29) is 11.8 Å². The molecule has 0 saturated carbocycles. The number of rotatable bonds is 5. The monoisotopic (exact) mass is 292 g/mol. The van der Waals surface area contributed by atoms with Crippen molar-refractivity contribution in [2.45, 2.75) is 59.2 Å². The number of carbonyl (C=O) groups is 1. The van der Waals surface area contributed by atoms with Crippen LogP contribution in [0.3, 0.4) is 0 Å². The zero-order chi connectivity index (χ0) is 15.4. The number of piperidine rings is 1. The summed E-state index contributed by atoms with van der Waals surface area (Å²) < 4.78 is 2.20. The third-order valence-corrected chi connectivity index (χ3v) is 4.18. The van der Waals surface area contributed by atoms with E-state index in [2.05, 4.69) is 28.7 Å². The second-order valence-electron chi connectivity index (χ2n) is 6.52. The number of nitrogens with zero attached hydrogens (tertiary/aromatic N) is 3. The molecule has 1 aliphatic heterocycles. The Kier molecular flexibility index (Phi) is 5.39. The summed E-state index contributed by atoms with van der Waals surface area (Å²) >= 11 is 0. The quantitative estimate of drug-likeness (QED) is 0.905. The molecule has 0 radical (unpaired) electrons. The molecule has 118 valence electrons. The smallest absolute Gasteiger partial charge is 0.225 e. The number of aromatic nitrogens is 2. The van der Waals surface area contributed by atoms with E-state index >= 15 is 0 Å². The third kappa shape index (κ3) is 4.06. The predicted octanol–water partition coefficient (Wildman–Crippen LogP) is 2.20. The highest BCUT2D eigenvalue weighted by Gasteiger charge is 2.24. The maximum Gasteiger partial charge on any atom is 0.225 e. The first-order chi connectivity index (χ1) is 9.99. The Bertz CT molecular complexity index is 459. The number of likely N-dealkylation sites (tertiary alicyclic amines) is 1. The van der Waals surface area contributed by atoms with Crippen molar-refractivity contribution in [3.05, 3.63) is 18.2 Å². The minimum atomic E-state index is 0.106. The van der Waals surface area contributed by atoms with Crippen LogP contribution in [0.1, 0.15) is 52.3 Å². The van der Waals surface area contributed by atoms with Crippen molar-refractivity contribution < 1.29 is 4.79 Å². The highest BCUT2D eigenvalue weighted by atomic mass is 16.2. The van der Waals surface area contributed by atoms with Gasteiger partial charge in [0.2, 0.25) is 5.91 Å². The van der Waals surface area contributed by atoms with Crippen molar-refractivity contribution in [1.29, 1.82) is 0 Å². The van der Waals surface area contributed by atoms with Crippen LogP contribution in [0.25, 0.3) is 0 Å². The minimum Gasteiger partial charge on any atom is -0.342 e. The molecule has 21 heavy (non-hydrogen) atoms. The molecule has 1 saturated heterocycles. The molecule has 0 aromatic carbocycles. The SMILES string of the molecule is CC(C)C(=O)N1CCC(NCc2cncn2C(C)C)CC1. The van der Waals surface area contributed by atoms with Crippen LogP contribution in [0.5, 0.6) is 0 Å². The normalized spacial score (nSPS) is 17.0. The van der Waals surface area contributed by atoms with Crippen LogP contribution in [0, 0.1) is 5.92 Å². The van der Waals surface area contributed by atoms with Gasteiger partial charge in [-0.25, -0.2) is 4.98 Å². The summed E-state index contributed by atoms with van der Waals surface area (Å²) in [6.07, 6.45) is 5.90. The van der Waals surface area contributed by atoms with Crippen molar-refractivity contribution in [2.75, 3.05) is 13.1 Å². The van der Waals surface area contributed by atoms with Crippen LogP contribution in [-0.4, -0.2) is 39.5 Å². The van der Waals surface area contributed by atoms with E-state index in [9.17, 15) is 4.79 Å². The molecule has 2 rings (SSSR count). The molecule has 0 spiro atoms. The van der Waals surface area contributed by atoms with Crippen LogP contribution < -0.4 is 5.32 Å². The fourth-order valence-electron chi connectivity index (χ4n) is 2.85. The number of hydrogen-bond acceptors (Lipinski definition) is 3. The summed E-state index contributed by atoms with van der Waals surface area (Å²) in [5, 5.41) is 3.61. The average molecular weight is 292 g/mol. The lowest BCUT2D eigenvalue weighted by Crippen LogP contribution is -2.46. The van der Waals surface area contributed by atoms with Gasteiger partial charge in [0.15, 0.2) is 0 Å². The van der Waals surface area contributed by atoms with E-state index in [0.717, 1.165) is 32.5 Å². The van der Waals surface area contributed by atoms with Gasteiger partial charge in [0.25, 0.3) is 0 Å². The van der Waals surface area contributed by atoms with Crippen LogP contribution in [0.2, 0.25) is 0 Å². The molecular formula is C16H28N4O. The van der Waals surface area contributed by atoms with Crippen molar-refractivity contribution in [2.24, 2.45) is 5.92 Å². The zero-order valence-corrected chi connectivity index (χ0v) is 13.7. The molecule has 1 aliphatic rings. The third-order valence-electron chi connectivity index (χ3n) is 4.18. The minimum absolute atomic E-state index is 0.106. The summed E-state index contributed by atoms with van der Waals surface area (Å²) in [6.45, 7) is 10.9. The largest absolute Gasteiger partial charge is 0.342 e. The van der Waals surface area contributed by atoms with Gasteiger partial charge >= 0.3 is 0 Å². The molecule has 2 heterocycles. The maximum atomic E-state index is 12.0. The predicted molar refractivity (Wildman–Crippen MR) is 83.9 cm³/mol. The number of nitrogens with one attached hydrogen (secondary N) is 1. The lowest BCUT2D eigenvalue weighted by atomic mass is 10.0. The molecule has 0 aliphatic carbocycles. The van der Waals surface area contributed by atoms with Crippen LogP contribution in [-0.2, 0) is 11.3 Å². The Hall–Kier alpha value is -1.36. The Labute approximate surface area is 127 Å². The Morgan fingerprint density at radius 2 is 2.00 bits per heavy atom. The van der Waals surface area contributed by atoms with Gasteiger partial charge < -0.3 is 14.8 Å². The molecule has 1 fully saturated rings. The molecule has 1 aromatic heterocycles. The van der Waals surface area contributed by atoms with Gasteiger partial charge in [-0.2, -0.15) is 0 Å². The van der Waals surface area contributed by atoms with E-state index in [0.29, 0.717) is 12.1 Å². The first-order valence-corrected chi connectivity index (χ1v) is 8.02. The highest BCUT2D eigenvalue weighted by molar-refractivity contribution is 5.78. The number of hydrogen-bond donors (Lipinski definition) is 1. The van der Waals surface area contributed by atoms with Crippen LogP contribution in [0.4, 0.5) is 0 Å². The molecule has 0 bridgehead atoms. The second kappa shape index (κ2) is 7.07. The standard InChI is InChI=1S/C16H28N4O/c1-12(2)16(21)19-7-5-14(6-8-19)18-10-15-9-17-11-20(15)13(3)4/h9,11-14,18H,5-8,10H2,1-4H3. The average Bonchev–Trinajstić information content (AvgIpc) is 2.93. The summed E-state index contributed by atoms with van der Waals surface area (Å²) in [4.78, 5) is 18.2. The molecule has 0 unspecified atom stereocenters. The second-order valence-corrected chi connectivity index (χ2v) is 6.52. The van der Waals surface area contributed by atoms with Gasteiger partial charge in [0.1, 0.15) is 0 Å². The van der Waals surface area contributed by atoms with Gasteiger partial charge in [0, 0.05) is 43.8 Å². The van der Waals surface area contributed by atoms with Crippen molar-refractivity contribution in [1.82, 2.24) is 19.8 Å². The summed E-state index contributed by atoms with van der Waals surface area (Å²) in [5.41, 5.74) is 1.23.